The molecule has 1 amide bonds. The summed E-state index contributed by atoms with van der Waals surface area (Å²) in [6.45, 7) is 0.339. The van der Waals surface area contributed by atoms with Crippen LogP contribution in [-0.4, -0.2) is 62.1 Å². The number of hydrogen-bond acceptors (Lipinski definition) is 10. The second kappa shape index (κ2) is 11.4. The van der Waals surface area contributed by atoms with Gasteiger partial charge in [-0.1, -0.05) is 17.8 Å². The number of thioether (sulfide) groups is 1. The largest absolute Gasteiger partial charge is 0.493 e. The van der Waals surface area contributed by atoms with Gasteiger partial charge in [0.15, 0.2) is 28.8 Å². The highest BCUT2D eigenvalue weighted by Gasteiger charge is 2.19. The molecule has 0 aliphatic rings. The Bertz CT molecular complexity index is 1130. The number of rotatable bonds is 11. The van der Waals surface area contributed by atoms with Crippen LogP contribution in [0.1, 0.15) is 5.56 Å². The van der Waals surface area contributed by atoms with E-state index >= 15 is 0 Å². The van der Waals surface area contributed by atoms with E-state index in [1.165, 1.54) is 37.8 Å². The van der Waals surface area contributed by atoms with E-state index in [1.54, 1.807) is 32.4 Å². The van der Waals surface area contributed by atoms with Gasteiger partial charge in [-0.3, -0.25) is 4.79 Å². The predicted molar refractivity (Wildman–Crippen MR) is 127 cm³/mol. The van der Waals surface area contributed by atoms with Crippen LogP contribution in [0.5, 0.6) is 28.7 Å². The summed E-state index contributed by atoms with van der Waals surface area (Å²) >= 11 is 1.17. The Balaban J connectivity index is 1.65. The molecule has 0 saturated carbocycles. The van der Waals surface area contributed by atoms with Gasteiger partial charge in [-0.15, -0.1) is 10.2 Å². The molecule has 0 bridgehead atoms. The fourth-order valence-electron chi connectivity index (χ4n) is 3.15. The summed E-state index contributed by atoms with van der Waals surface area (Å²) in [7, 11) is 7.70. The van der Waals surface area contributed by atoms with Gasteiger partial charge < -0.3 is 34.8 Å². The number of methoxy groups -OCH3 is 5. The number of ether oxygens (including phenoxy) is 5. The summed E-state index contributed by atoms with van der Waals surface area (Å²) in [5.74, 6) is 9.11. The second-order valence-electron chi connectivity index (χ2n) is 6.84. The number of nitrogens with one attached hydrogen (secondary N) is 1. The first-order valence-electron chi connectivity index (χ1n) is 10.1. The molecule has 3 aromatic rings. The van der Waals surface area contributed by atoms with E-state index in [0.717, 1.165) is 5.56 Å². The Morgan fingerprint density at radius 3 is 2.15 bits per heavy atom. The standard InChI is InChI=1S/C22H27N5O6S/c1-29-15-7-6-13(8-16(15)30-2)11-24-19(28)12-34-22-26-25-21(27(22)23)14-9-17(31-3)20(33-5)18(10-14)32-4/h6-10H,11-12,23H2,1-5H3,(H,24,28). The molecule has 0 fully saturated rings. The van der Waals surface area contributed by atoms with E-state index in [9.17, 15) is 4.79 Å². The first kappa shape index (κ1) is 24.8. The van der Waals surface area contributed by atoms with Gasteiger partial charge in [0.1, 0.15) is 0 Å². The third-order valence-electron chi connectivity index (χ3n) is 4.86. The number of aromatic nitrogens is 3. The van der Waals surface area contributed by atoms with Crippen LogP contribution < -0.4 is 34.8 Å². The lowest BCUT2D eigenvalue weighted by Gasteiger charge is -2.13. The van der Waals surface area contributed by atoms with Crippen LogP contribution in [0.15, 0.2) is 35.5 Å². The molecule has 1 aromatic heterocycles. The zero-order valence-electron chi connectivity index (χ0n) is 19.6. The SMILES string of the molecule is COc1ccc(CNC(=O)CSc2nnc(-c3cc(OC)c(OC)c(OC)c3)n2N)cc1OC. The normalized spacial score (nSPS) is 10.5. The van der Waals surface area contributed by atoms with Crippen molar-refractivity contribution in [1.82, 2.24) is 20.2 Å². The second-order valence-corrected chi connectivity index (χ2v) is 7.79. The molecule has 0 atom stereocenters. The highest BCUT2D eigenvalue weighted by Crippen LogP contribution is 2.41. The van der Waals surface area contributed by atoms with Crippen LogP contribution >= 0.6 is 11.8 Å². The van der Waals surface area contributed by atoms with Crippen molar-refractivity contribution in [2.45, 2.75) is 11.7 Å². The summed E-state index contributed by atoms with van der Waals surface area (Å²) in [5, 5.41) is 11.5. The monoisotopic (exact) mass is 489 g/mol. The average molecular weight is 490 g/mol. The Labute approximate surface area is 201 Å². The fourth-order valence-corrected chi connectivity index (χ4v) is 3.84. The number of benzene rings is 2. The summed E-state index contributed by atoms with van der Waals surface area (Å²) in [5.41, 5.74) is 1.50. The fraction of sp³-hybridized carbons (Fsp3) is 0.318. The first-order valence-corrected chi connectivity index (χ1v) is 11.1. The maximum Gasteiger partial charge on any atom is 0.230 e. The molecule has 34 heavy (non-hydrogen) atoms. The molecular weight excluding hydrogens is 462 g/mol. The number of hydrogen-bond donors (Lipinski definition) is 2. The summed E-state index contributed by atoms with van der Waals surface area (Å²) in [6.07, 6.45) is 0. The van der Waals surface area contributed by atoms with Crippen molar-refractivity contribution in [1.29, 1.82) is 0 Å². The van der Waals surface area contributed by atoms with Crippen LogP contribution in [0.2, 0.25) is 0 Å². The van der Waals surface area contributed by atoms with Crippen LogP contribution in [0.25, 0.3) is 11.4 Å². The van der Waals surface area contributed by atoms with E-state index in [4.69, 9.17) is 29.5 Å². The van der Waals surface area contributed by atoms with Crippen molar-refractivity contribution >= 4 is 17.7 Å². The van der Waals surface area contributed by atoms with Crippen molar-refractivity contribution in [3.05, 3.63) is 35.9 Å². The van der Waals surface area contributed by atoms with E-state index in [-0.39, 0.29) is 11.7 Å². The molecule has 12 heteroatoms. The molecule has 3 rings (SSSR count). The number of carbonyl (C=O) groups is 1. The van der Waals surface area contributed by atoms with Crippen molar-refractivity contribution in [3.8, 4) is 40.1 Å². The van der Waals surface area contributed by atoms with Crippen LogP contribution in [0, 0.1) is 0 Å². The number of nitrogens with zero attached hydrogens (tertiary/aromatic N) is 3. The molecule has 182 valence electrons. The van der Waals surface area contributed by atoms with Crippen molar-refractivity contribution < 1.29 is 28.5 Å². The Morgan fingerprint density at radius 1 is 0.912 bits per heavy atom. The van der Waals surface area contributed by atoms with E-state index in [0.29, 0.717) is 51.8 Å². The van der Waals surface area contributed by atoms with Gasteiger partial charge in [-0.05, 0) is 29.8 Å². The topological polar surface area (TPSA) is 132 Å². The number of amides is 1. The van der Waals surface area contributed by atoms with Gasteiger partial charge in [0.2, 0.25) is 16.8 Å². The van der Waals surface area contributed by atoms with Crippen molar-refractivity contribution in [2.24, 2.45) is 0 Å². The van der Waals surface area contributed by atoms with Gasteiger partial charge in [0, 0.05) is 12.1 Å². The lowest BCUT2D eigenvalue weighted by atomic mass is 10.1. The molecule has 2 aromatic carbocycles. The van der Waals surface area contributed by atoms with Gasteiger partial charge in [-0.25, -0.2) is 4.68 Å². The first-order chi connectivity index (χ1) is 16.4. The van der Waals surface area contributed by atoms with Gasteiger partial charge in [0.05, 0.1) is 41.3 Å². The smallest absolute Gasteiger partial charge is 0.230 e. The lowest BCUT2D eigenvalue weighted by Crippen LogP contribution is -2.25. The predicted octanol–water partition coefficient (Wildman–Crippen LogP) is 2.11. The van der Waals surface area contributed by atoms with Crippen molar-refractivity contribution in [2.75, 3.05) is 47.1 Å². The number of nitrogen functional groups attached to an aromatic ring is 1. The van der Waals surface area contributed by atoms with E-state index in [1.807, 2.05) is 12.1 Å². The van der Waals surface area contributed by atoms with Crippen LogP contribution in [0.4, 0.5) is 0 Å². The quantitative estimate of drug-likeness (QED) is 0.305. The molecular formula is C22H27N5O6S. The molecule has 0 unspecified atom stereocenters. The summed E-state index contributed by atoms with van der Waals surface area (Å²) in [4.78, 5) is 12.4. The van der Waals surface area contributed by atoms with E-state index < -0.39 is 0 Å². The zero-order chi connectivity index (χ0) is 24.7. The van der Waals surface area contributed by atoms with Crippen molar-refractivity contribution in [3.63, 3.8) is 0 Å². The molecule has 11 nitrogen and oxygen atoms in total. The third-order valence-corrected chi connectivity index (χ3v) is 5.80. The van der Waals surface area contributed by atoms with Crippen LogP contribution in [-0.2, 0) is 11.3 Å². The summed E-state index contributed by atoms with van der Waals surface area (Å²) in [6, 6.07) is 8.90. The number of carbonyl (C=O) groups excluding carboxylic acids is 1. The molecule has 0 aliphatic carbocycles. The highest BCUT2D eigenvalue weighted by atomic mass is 32.2. The third kappa shape index (κ3) is 5.39. The lowest BCUT2D eigenvalue weighted by molar-refractivity contribution is -0.118. The Hall–Kier alpha value is -3.80. The summed E-state index contributed by atoms with van der Waals surface area (Å²) < 4.78 is 27.9. The molecule has 0 saturated heterocycles. The molecule has 0 radical (unpaired) electrons. The number of nitrogens with two attached hydrogens (primary N) is 1. The minimum Gasteiger partial charge on any atom is -0.493 e. The molecule has 3 N–H and O–H groups in total. The molecule has 1 heterocycles. The van der Waals surface area contributed by atoms with Crippen LogP contribution in [0.3, 0.4) is 0 Å². The minimum atomic E-state index is -0.183. The Kier molecular flexibility index (Phi) is 8.30. The zero-order valence-corrected chi connectivity index (χ0v) is 20.4. The van der Waals surface area contributed by atoms with Gasteiger partial charge in [0.25, 0.3) is 0 Å². The minimum absolute atomic E-state index is 0.109. The van der Waals surface area contributed by atoms with Gasteiger partial charge in [-0.2, -0.15) is 0 Å². The Morgan fingerprint density at radius 2 is 1.56 bits per heavy atom. The highest BCUT2D eigenvalue weighted by molar-refractivity contribution is 7.99. The maximum absolute atomic E-state index is 12.4. The molecule has 0 spiro atoms. The average Bonchev–Trinajstić information content (AvgIpc) is 3.24. The van der Waals surface area contributed by atoms with E-state index in [2.05, 4.69) is 15.5 Å². The van der Waals surface area contributed by atoms with Gasteiger partial charge >= 0.3 is 0 Å². The maximum atomic E-state index is 12.4. The molecule has 0 aliphatic heterocycles.